The van der Waals surface area contributed by atoms with E-state index in [1.807, 2.05) is 29.2 Å². The lowest BCUT2D eigenvalue weighted by atomic mass is 10.1. The molecule has 0 aromatic heterocycles. The Balaban J connectivity index is 2.46. The Morgan fingerprint density at radius 2 is 1.78 bits per heavy atom. The average molecular weight is 318 g/mol. The molecule has 0 heterocycles. The van der Waals surface area contributed by atoms with Gasteiger partial charge in [0.15, 0.2) is 0 Å². The van der Waals surface area contributed by atoms with E-state index in [2.05, 4.69) is 15.9 Å². The zero-order chi connectivity index (χ0) is 13.4. The first-order valence-electron chi connectivity index (χ1n) is 6.05. The number of benzene rings is 1. The van der Waals surface area contributed by atoms with Crippen LogP contribution in [0.5, 0.6) is 0 Å². The smallest absolute Gasteiger partial charge is 0.0802 e. The summed E-state index contributed by atoms with van der Waals surface area (Å²) in [5.41, 5.74) is 0.873. The summed E-state index contributed by atoms with van der Waals surface area (Å²) in [6.07, 6.45) is 0.0542. The molecule has 0 saturated heterocycles. The molecular formula is C13H20BrNO3. The highest BCUT2D eigenvalue weighted by atomic mass is 79.9. The Kier molecular flexibility index (Phi) is 7.46. The fraction of sp³-hybridized carbons (Fsp3) is 0.538. The normalized spacial score (nSPS) is 12.9. The van der Waals surface area contributed by atoms with Gasteiger partial charge < -0.3 is 15.3 Å². The fourth-order valence-corrected chi connectivity index (χ4v) is 2.22. The number of hydrogen-bond donors (Lipinski definition) is 3. The molecule has 102 valence electrons. The molecule has 0 spiro atoms. The van der Waals surface area contributed by atoms with Crippen molar-refractivity contribution < 1.29 is 15.3 Å². The van der Waals surface area contributed by atoms with Crippen molar-refractivity contribution in [2.24, 2.45) is 0 Å². The van der Waals surface area contributed by atoms with Crippen molar-refractivity contribution >= 4 is 15.9 Å². The predicted octanol–water partition coefficient (Wildman–Crippen LogP) is 1.16. The molecule has 4 nitrogen and oxygen atoms in total. The van der Waals surface area contributed by atoms with Gasteiger partial charge in [0, 0.05) is 24.1 Å². The first-order chi connectivity index (χ1) is 8.67. The second-order valence-corrected chi connectivity index (χ2v) is 5.06. The van der Waals surface area contributed by atoms with Gasteiger partial charge in [-0.25, -0.2) is 0 Å². The predicted molar refractivity (Wildman–Crippen MR) is 74.3 cm³/mol. The third-order valence-corrected chi connectivity index (χ3v) is 3.28. The van der Waals surface area contributed by atoms with E-state index in [0.717, 1.165) is 10.0 Å². The molecule has 3 N–H and O–H groups in total. The molecule has 1 atom stereocenters. The van der Waals surface area contributed by atoms with Crippen molar-refractivity contribution in [3.63, 3.8) is 0 Å². The number of hydrogen-bond acceptors (Lipinski definition) is 4. The number of halogens is 1. The topological polar surface area (TPSA) is 63.9 Å². The number of aliphatic hydroxyl groups is 3. The minimum absolute atomic E-state index is 0.0625. The highest BCUT2D eigenvalue weighted by molar-refractivity contribution is 9.10. The standard InChI is InChI=1S/C13H20BrNO3/c14-12-3-1-2-11(10-12)13(18)4-5-15(6-8-16)7-9-17/h1-3,10,13,16-18H,4-9H2. The lowest BCUT2D eigenvalue weighted by Crippen LogP contribution is -2.31. The summed E-state index contributed by atoms with van der Waals surface area (Å²) in [6.45, 7) is 1.81. The number of rotatable bonds is 8. The lowest BCUT2D eigenvalue weighted by Gasteiger charge is -2.21. The van der Waals surface area contributed by atoms with Crippen molar-refractivity contribution in [1.29, 1.82) is 0 Å². The zero-order valence-electron chi connectivity index (χ0n) is 10.3. The van der Waals surface area contributed by atoms with Crippen molar-refractivity contribution in [3.8, 4) is 0 Å². The maximum absolute atomic E-state index is 10.1. The van der Waals surface area contributed by atoms with E-state index in [4.69, 9.17) is 10.2 Å². The van der Waals surface area contributed by atoms with Gasteiger partial charge in [-0.05, 0) is 24.1 Å². The van der Waals surface area contributed by atoms with Crippen LogP contribution in [0.2, 0.25) is 0 Å². The minimum Gasteiger partial charge on any atom is -0.395 e. The number of aliphatic hydroxyl groups excluding tert-OH is 3. The average Bonchev–Trinajstić information content (AvgIpc) is 2.36. The van der Waals surface area contributed by atoms with Crippen LogP contribution in [0.25, 0.3) is 0 Å². The van der Waals surface area contributed by atoms with Gasteiger partial charge in [-0.3, -0.25) is 4.90 Å². The van der Waals surface area contributed by atoms with Crippen LogP contribution in [0.3, 0.4) is 0 Å². The number of nitrogens with zero attached hydrogens (tertiary/aromatic N) is 1. The quantitative estimate of drug-likeness (QED) is 0.673. The molecule has 5 heteroatoms. The van der Waals surface area contributed by atoms with Gasteiger partial charge in [-0.1, -0.05) is 28.1 Å². The van der Waals surface area contributed by atoms with E-state index in [1.54, 1.807) is 0 Å². The van der Waals surface area contributed by atoms with Crippen LogP contribution in [0.4, 0.5) is 0 Å². The molecule has 0 saturated carbocycles. The van der Waals surface area contributed by atoms with Crippen LogP contribution >= 0.6 is 15.9 Å². The van der Waals surface area contributed by atoms with Crippen LogP contribution in [0.1, 0.15) is 18.1 Å². The molecule has 0 amide bonds. The molecule has 0 fully saturated rings. The molecule has 1 aromatic rings. The summed E-state index contributed by atoms with van der Waals surface area (Å²) >= 11 is 3.37. The monoisotopic (exact) mass is 317 g/mol. The van der Waals surface area contributed by atoms with Crippen LogP contribution < -0.4 is 0 Å². The molecule has 0 aliphatic carbocycles. The summed E-state index contributed by atoms with van der Waals surface area (Å²) in [7, 11) is 0. The molecule has 1 rings (SSSR count). The summed E-state index contributed by atoms with van der Waals surface area (Å²) in [4.78, 5) is 1.93. The van der Waals surface area contributed by atoms with Crippen LogP contribution in [0.15, 0.2) is 28.7 Å². The van der Waals surface area contributed by atoms with Gasteiger partial charge in [0.1, 0.15) is 0 Å². The van der Waals surface area contributed by atoms with E-state index in [-0.39, 0.29) is 13.2 Å². The summed E-state index contributed by atoms with van der Waals surface area (Å²) in [6, 6.07) is 7.59. The highest BCUT2D eigenvalue weighted by Crippen LogP contribution is 2.20. The molecule has 0 bridgehead atoms. The van der Waals surface area contributed by atoms with Crippen LogP contribution in [-0.2, 0) is 0 Å². The summed E-state index contributed by atoms with van der Waals surface area (Å²) in [5.74, 6) is 0. The fourth-order valence-electron chi connectivity index (χ4n) is 1.80. The van der Waals surface area contributed by atoms with Gasteiger partial charge in [-0.15, -0.1) is 0 Å². The van der Waals surface area contributed by atoms with Gasteiger partial charge in [0.05, 0.1) is 19.3 Å². The van der Waals surface area contributed by atoms with Gasteiger partial charge >= 0.3 is 0 Å². The van der Waals surface area contributed by atoms with E-state index in [0.29, 0.717) is 26.1 Å². The summed E-state index contributed by atoms with van der Waals surface area (Å²) < 4.78 is 0.946. The first kappa shape index (κ1) is 15.6. The Morgan fingerprint density at radius 3 is 2.33 bits per heavy atom. The highest BCUT2D eigenvalue weighted by Gasteiger charge is 2.10. The SMILES string of the molecule is OCCN(CCO)CCC(O)c1cccc(Br)c1. The molecule has 1 unspecified atom stereocenters. The lowest BCUT2D eigenvalue weighted by molar-refractivity contribution is 0.118. The van der Waals surface area contributed by atoms with E-state index >= 15 is 0 Å². The van der Waals surface area contributed by atoms with Crippen molar-refractivity contribution in [1.82, 2.24) is 4.90 Å². The minimum atomic E-state index is -0.526. The zero-order valence-corrected chi connectivity index (χ0v) is 11.9. The molecular weight excluding hydrogens is 298 g/mol. The molecule has 1 aromatic carbocycles. The Labute approximate surface area is 116 Å². The van der Waals surface area contributed by atoms with Gasteiger partial charge in [0.2, 0.25) is 0 Å². The molecule has 0 radical (unpaired) electrons. The van der Waals surface area contributed by atoms with Crippen LogP contribution in [0, 0.1) is 0 Å². The summed E-state index contributed by atoms with van der Waals surface area (Å²) in [5, 5.41) is 27.8. The van der Waals surface area contributed by atoms with E-state index < -0.39 is 6.10 Å². The Morgan fingerprint density at radius 1 is 1.11 bits per heavy atom. The second-order valence-electron chi connectivity index (χ2n) is 4.15. The van der Waals surface area contributed by atoms with Crippen molar-refractivity contribution in [2.75, 3.05) is 32.8 Å². The van der Waals surface area contributed by atoms with Crippen molar-refractivity contribution in [3.05, 3.63) is 34.3 Å². The molecule has 0 aliphatic heterocycles. The molecule has 18 heavy (non-hydrogen) atoms. The Bertz CT molecular complexity index is 343. The maximum atomic E-state index is 10.1. The maximum Gasteiger partial charge on any atom is 0.0802 e. The van der Waals surface area contributed by atoms with Gasteiger partial charge in [-0.2, -0.15) is 0 Å². The second kappa shape index (κ2) is 8.61. The third kappa shape index (κ3) is 5.46. The molecule has 0 aliphatic rings. The van der Waals surface area contributed by atoms with Gasteiger partial charge in [0.25, 0.3) is 0 Å². The third-order valence-electron chi connectivity index (χ3n) is 2.78. The van der Waals surface area contributed by atoms with Crippen molar-refractivity contribution in [2.45, 2.75) is 12.5 Å². The van der Waals surface area contributed by atoms with Crippen LogP contribution in [-0.4, -0.2) is 53.1 Å². The first-order valence-corrected chi connectivity index (χ1v) is 6.84. The largest absolute Gasteiger partial charge is 0.395 e. The Hall–Kier alpha value is -0.460. The van der Waals surface area contributed by atoms with E-state index in [9.17, 15) is 5.11 Å². The van der Waals surface area contributed by atoms with E-state index in [1.165, 1.54) is 0 Å².